The fourth-order valence-electron chi connectivity index (χ4n) is 1.50. The Kier molecular flexibility index (Phi) is 7.59. The molecule has 0 saturated carbocycles. The van der Waals surface area contributed by atoms with E-state index in [4.69, 9.17) is 10.8 Å². The van der Waals surface area contributed by atoms with Crippen LogP contribution in [0.5, 0.6) is 0 Å². The molecule has 0 aliphatic heterocycles. The Hall–Kier alpha value is -0.180. The fraction of sp³-hybridized carbons (Fsp3) is 0.250. The number of hydrogen-bond donors (Lipinski definition) is 3. The third-order valence-electron chi connectivity index (χ3n) is 2.52. The Morgan fingerprint density at radius 3 is 2.38 bits per heavy atom. The van der Waals surface area contributed by atoms with Crippen molar-refractivity contribution >= 4 is 85.6 Å². The van der Waals surface area contributed by atoms with E-state index in [1.54, 1.807) is 6.07 Å². The normalized spacial score (nSPS) is 11.8. The molecule has 0 aromatic heterocycles. The molecule has 1 aromatic carbocycles. The molecule has 0 spiro atoms. The van der Waals surface area contributed by atoms with Crippen LogP contribution >= 0.6 is 67.8 Å². The van der Waals surface area contributed by atoms with Gasteiger partial charge in [-0.25, -0.2) is 4.79 Å². The van der Waals surface area contributed by atoms with Crippen LogP contribution in [0.25, 0.3) is 0 Å². The summed E-state index contributed by atoms with van der Waals surface area (Å²) < 4.78 is 2.55. The molecule has 1 unspecified atom stereocenters. The standard InChI is InChI=1S/C12H11I3N2O4/c13-5-3-6(10(15)7(14)4-5)11(19)17-8(12(20)21)1-2-9(16)18/h3-4,8H,1-2H2,(H2,16,18)(H,17,19)(H,20,21). The van der Waals surface area contributed by atoms with E-state index in [9.17, 15) is 14.4 Å². The van der Waals surface area contributed by atoms with Crippen LogP contribution in [0.1, 0.15) is 23.2 Å². The first-order chi connectivity index (χ1) is 9.72. The molecule has 0 bridgehead atoms. The van der Waals surface area contributed by atoms with Gasteiger partial charge in [-0.15, -0.1) is 0 Å². The third kappa shape index (κ3) is 5.84. The molecule has 1 atom stereocenters. The van der Waals surface area contributed by atoms with E-state index in [2.05, 4.69) is 50.5 Å². The van der Waals surface area contributed by atoms with Gasteiger partial charge in [0.15, 0.2) is 0 Å². The van der Waals surface area contributed by atoms with Gasteiger partial charge in [-0.3, -0.25) is 9.59 Å². The van der Waals surface area contributed by atoms with Crippen LogP contribution in [-0.2, 0) is 9.59 Å². The van der Waals surface area contributed by atoms with Crippen molar-refractivity contribution in [1.82, 2.24) is 5.32 Å². The maximum Gasteiger partial charge on any atom is 0.326 e. The van der Waals surface area contributed by atoms with Gasteiger partial charge in [-0.1, -0.05) is 0 Å². The van der Waals surface area contributed by atoms with Crippen LogP contribution in [0.3, 0.4) is 0 Å². The van der Waals surface area contributed by atoms with Crippen molar-refractivity contribution in [1.29, 1.82) is 0 Å². The minimum atomic E-state index is -1.19. The lowest BCUT2D eigenvalue weighted by Crippen LogP contribution is -2.41. The van der Waals surface area contributed by atoms with Crippen molar-refractivity contribution in [2.45, 2.75) is 18.9 Å². The van der Waals surface area contributed by atoms with Crippen molar-refractivity contribution in [2.24, 2.45) is 5.73 Å². The molecule has 21 heavy (non-hydrogen) atoms. The summed E-state index contributed by atoms with van der Waals surface area (Å²) in [6, 6.07) is 2.46. The smallest absolute Gasteiger partial charge is 0.326 e. The first-order valence-corrected chi connectivity index (χ1v) is 8.92. The molecule has 4 N–H and O–H groups in total. The minimum Gasteiger partial charge on any atom is -0.480 e. The topological polar surface area (TPSA) is 109 Å². The van der Waals surface area contributed by atoms with Gasteiger partial charge in [-0.05, 0) is 86.3 Å². The SMILES string of the molecule is NC(=O)CCC(NC(=O)c1cc(I)cc(I)c1I)C(=O)O. The first-order valence-electron chi connectivity index (χ1n) is 5.69. The van der Waals surface area contributed by atoms with Crippen LogP contribution in [0.4, 0.5) is 0 Å². The molecule has 1 aromatic rings. The fourth-order valence-corrected chi connectivity index (χ4v) is 3.90. The summed E-state index contributed by atoms with van der Waals surface area (Å²) in [5.41, 5.74) is 5.41. The summed E-state index contributed by atoms with van der Waals surface area (Å²) in [5.74, 6) is -2.28. The highest BCUT2D eigenvalue weighted by atomic mass is 127. The van der Waals surface area contributed by atoms with Crippen LogP contribution in [0, 0.1) is 10.7 Å². The summed E-state index contributed by atoms with van der Waals surface area (Å²) in [5, 5.41) is 11.5. The van der Waals surface area contributed by atoms with Crippen LogP contribution < -0.4 is 11.1 Å². The number of aliphatic carboxylic acids is 1. The zero-order chi connectivity index (χ0) is 16.2. The molecule has 2 amide bonds. The molecular weight excluding hydrogens is 617 g/mol. The highest BCUT2D eigenvalue weighted by Gasteiger charge is 2.23. The van der Waals surface area contributed by atoms with Crippen LogP contribution in [0.2, 0.25) is 0 Å². The Bertz CT molecular complexity index is 592. The van der Waals surface area contributed by atoms with Crippen molar-refractivity contribution in [3.8, 4) is 0 Å². The summed E-state index contributed by atoms with van der Waals surface area (Å²) in [7, 11) is 0. The van der Waals surface area contributed by atoms with E-state index in [1.807, 2.05) is 28.7 Å². The van der Waals surface area contributed by atoms with Gasteiger partial charge in [0, 0.05) is 17.1 Å². The predicted octanol–water partition coefficient (Wildman–Crippen LogP) is 1.95. The average Bonchev–Trinajstić information content (AvgIpc) is 2.37. The number of nitrogens with one attached hydrogen (secondary N) is 1. The lowest BCUT2D eigenvalue weighted by Gasteiger charge is -2.15. The molecule has 114 valence electrons. The molecule has 9 heteroatoms. The number of primary amides is 1. The predicted molar refractivity (Wildman–Crippen MR) is 102 cm³/mol. The second kappa shape index (κ2) is 8.45. The summed E-state index contributed by atoms with van der Waals surface area (Å²) in [4.78, 5) is 34.1. The monoisotopic (exact) mass is 628 g/mol. The minimum absolute atomic E-state index is 0.0337. The van der Waals surface area contributed by atoms with E-state index in [0.717, 1.165) is 10.7 Å². The van der Waals surface area contributed by atoms with E-state index < -0.39 is 23.8 Å². The van der Waals surface area contributed by atoms with E-state index in [0.29, 0.717) is 5.56 Å². The number of halogens is 3. The number of nitrogens with two attached hydrogens (primary N) is 1. The van der Waals surface area contributed by atoms with Gasteiger partial charge in [0.2, 0.25) is 5.91 Å². The van der Waals surface area contributed by atoms with Gasteiger partial charge in [0.25, 0.3) is 5.91 Å². The lowest BCUT2D eigenvalue weighted by molar-refractivity contribution is -0.139. The number of carboxylic acid groups (broad SMARTS) is 1. The molecule has 0 saturated heterocycles. The highest BCUT2D eigenvalue weighted by molar-refractivity contribution is 14.1. The van der Waals surface area contributed by atoms with Gasteiger partial charge in [0.1, 0.15) is 6.04 Å². The second-order valence-corrected chi connectivity index (χ2v) is 7.60. The zero-order valence-corrected chi connectivity index (χ0v) is 17.0. The van der Waals surface area contributed by atoms with Gasteiger partial charge < -0.3 is 16.2 Å². The maximum atomic E-state index is 12.2. The van der Waals surface area contributed by atoms with E-state index in [1.165, 1.54) is 0 Å². The lowest BCUT2D eigenvalue weighted by atomic mass is 10.1. The Labute approximate surface area is 162 Å². The molecule has 6 nitrogen and oxygen atoms in total. The average molecular weight is 628 g/mol. The van der Waals surface area contributed by atoms with E-state index >= 15 is 0 Å². The Morgan fingerprint density at radius 2 is 1.86 bits per heavy atom. The van der Waals surface area contributed by atoms with Crippen molar-refractivity contribution < 1.29 is 19.5 Å². The van der Waals surface area contributed by atoms with E-state index in [-0.39, 0.29) is 12.8 Å². The number of hydrogen-bond acceptors (Lipinski definition) is 3. The number of carboxylic acids is 1. The molecular formula is C12H11I3N2O4. The zero-order valence-electron chi connectivity index (χ0n) is 10.5. The van der Waals surface area contributed by atoms with Crippen molar-refractivity contribution in [3.63, 3.8) is 0 Å². The largest absolute Gasteiger partial charge is 0.480 e. The molecule has 0 heterocycles. The van der Waals surface area contributed by atoms with Gasteiger partial charge in [-0.2, -0.15) is 0 Å². The first kappa shape index (κ1) is 18.9. The molecule has 0 aliphatic carbocycles. The highest BCUT2D eigenvalue weighted by Crippen LogP contribution is 2.23. The maximum absolute atomic E-state index is 12.2. The summed E-state index contributed by atoms with van der Waals surface area (Å²) in [6.45, 7) is 0. The molecule has 0 fully saturated rings. The number of rotatable bonds is 6. The third-order valence-corrected chi connectivity index (χ3v) is 6.19. The van der Waals surface area contributed by atoms with Gasteiger partial charge >= 0.3 is 5.97 Å². The molecule has 1 rings (SSSR count). The van der Waals surface area contributed by atoms with Crippen molar-refractivity contribution in [3.05, 3.63) is 28.4 Å². The Balaban J connectivity index is 2.92. The summed E-state index contributed by atoms with van der Waals surface area (Å²) in [6.07, 6.45) is -0.133. The van der Waals surface area contributed by atoms with Crippen LogP contribution in [0.15, 0.2) is 12.1 Å². The number of carbonyl (C=O) groups excluding carboxylic acids is 2. The molecule has 0 radical (unpaired) electrons. The number of amides is 2. The second-order valence-electron chi connectivity index (χ2n) is 4.12. The van der Waals surface area contributed by atoms with Crippen molar-refractivity contribution in [2.75, 3.05) is 0 Å². The number of carbonyl (C=O) groups is 3. The van der Waals surface area contributed by atoms with Crippen LogP contribution in [-0.4, -0.2) is 28.9 Å². The quantitative estimate of drug-likeness (QED) is 0.331. The molecule has 0 aliphatic rings. The Morgan fingerprint density at radius 1 is 1.24 bits per heavy atom. The summed E-state index contributed by atoms with van der Waals surface area (Å²) >= 11 is 6.24. The van der Waals surface area contributed by atoms with Gasteiger partial charge in [0.05, 0.1) is 5.56 Å². The number of benzene rings is 1.